The predicted molar refractivity (Wildman–Crippen MR) is 64.4 cm³/mol. The minimum absolute atomic E-state index is 0.0575. The lowest BCUT2D eigenvalue weighted by Gasteiger charge is -2.22. The number of phenolic OH excluding ortho intramolecular Hbond substituents is 1. The molecule has 0 bridgehead atoms. The van der Waals surface area contributed by atoms with Crippen molar-refractivity contribution in [2.45, 2.75) is 12.5 Å². The van der Waals surface area contributed by atoms with Gasteiger partial charge in [0.15, 0.2) is 0 Å². The summed E-state index contributed by atoms with van der Waals surface area (Å²) >= 11 is 0. The highest BCUT2D eigenvalue weighted by atomic mass is 16.3. The Balaban J connectivity index is 2.99. The maximum Gasteiger partial charge on any atom is 0.129 e. The summed E-state index contributed by atoms with van der Waals surface area (Å²) in [5.41, 5.74) is 0.118. The molecular weight excluding hydrogens is 222 g/mol. The lowest BCUT2D eigenvalue weighted by molar-refractivity contribution is 0.0718. The van der Waals surface area contributed by atoms with Gasteiger partial charge in [-0.05, 0) is 19.1 Å². The van der Waals surface area contributed by atoms with E-state index in [0.717, 1.165) is 5.56 Å². The number of hydrogen-bond donors (Lipinski definition) is 4. The second-order valence-corrected chi connectivity index (χ2v) is 4.02. The first-order chi connectivity index (χ1) is 8.06. The summed E-state index contributed by atoms with van der Waals surface area (Å²) in [6.07, 6.45) is 1.34. The van der Waals surface area contributed by atoms with Crippen molar-refractivity contribution < 1.29 is 20.4 Å². The third kappa shape index (κ3) is 3.26. The molecule has 0 aromatic heterocycles. The van der Waals surface area contributed by atoms with E-state index in [0.29, 0.717) is 5.56 Å². The third-order valence-corrected chi connectivity index (χ3v) is 2.54. The molecule has 1 aromatic carbocycles. The van der Waals surface area contributed by atoms with E-state index in [9.17, 15) is 5.11 Å². The predicted octanol–water partition coefficient (Wildman–Crippen LogP) is -0.165. The van der Waals surface area contributed by atoms with Crippen LogP contribution < -0.4 is 0 Å². The van der Waals surface area contributed by atoms with E-state index in [1.807, 2.05) is 6.92 Å². The number of hydrogen-bond acceptors (Lipinski definition) is 5. The number of aryl methyl sites for hydroxylation is 1. The van der Waals surface area contributed by atoms with Gasteiger partial charge in [0.25, 0.3) is 0 Å². The molecule has 1 rings (SSSR count). The van der Waals surface area contributed by atoms with Crippen molar-refractivity contribution in [3.63, 3.8) is 0 Å². The van der Waals surface area contributed by atoms with Gasteiger partial charge >= 0.3 is 0 Å². The SMILES string of the molecule is Cc1ccc(O)c(C=NC(CO)(CO)CO)c1. The number of rotatable bonds is 5. The molecule has 4 N–H and O–H groups in total. The van der Waals surface area contributed by atoms with Gasteiger partial charge in [-0.15, -0.1) is 0 Å². The zero-order valence-electron chi connectivity index (χ0n) is 9.67. The van der Waals surface area contributed by atoms with Gasteiger partial charge in [-0.1, -0.05) is 11.6 Å². The molecular formula is C12H17NO4. The molecule has 0 aliphatic carbocycles. The highest BCUT2D eigenvalue weighted by Gasteiger charge is 2.26. The van der Waals surface area contributed by atoms with Crippen molar-refractivity contribution in [1.82, 2.24) is 0 Å². The van der Waals surface area contributed by atoms with Crippen molar-refractivity contribution in [2.24, 2.45) is 4.99 Å². The van der Waals surface area contributed by atoms with Gasteiger partial charge in [0.2, 0.25) is 0 Å². The molecule has 0 aliphatic heterocycles. The number of nitrogens with zero attached hydrogens (tertiary/aromatic N) is 1. The zero-order chi connectivity index (χ0) is 12.9. The Labute approximate surface area is 99.7 Å². The van der Waals surface area contributed by atoms with E-state index in [4.69, 9.17) is 15.3 Å². The molecule has 17 heavy (non-hydrogen) atoms. The molecule has 0 radical (unpaired) electrons. The number of aliphatic hydroxyl groups excluding tert-OH is 3. The van der Waals surface area contributed by atoms with Crippen LogP contribution >= 0.6 is 0 Å². The first-order valence-corrected chi connectivity index (χ1v) is 5.24. The Morgan fingerprint density at radius 3 is 2.29 bits per heavy atom. The van der Waals surface area contributed by atoms with Gasteiger partial charge in [0.05, 0.1) is 19.8 Å². The first-order valence-electron chi connectivity index (χ1n) is 5.24. The van der Waals surface area contributed by atoms with E-state index >= 15 is 0 Å². The van der Waals surface area contributed by atoms with Crippen LogP contribution in [0.5, 0.6) is 5.75 Å². The van der Waals surface area contributed by atoms with E-state index < -0.39 is 25.4 Å². The summed E-state index contributed by atoms with van der Waals surface area (Å²) in [7, 11) is 0. The summed E-state index contributed by atoms with van der Waals surface area (Å²) in [6.45, 7) is 0.462. The fourth-order valence-electron chi connectivity index (χ4n) is 1.26. The molecule has 0 fully saturated rings. The molecule has 0 aliphatic rings. The summed E-state index contributed by atoms with van der Waals surface area (Å²) in [5, 5.41) is 36.8. The third-order valence-electron chi connectivity index (χ3n) is 2.54. The number of phenols is 1. The molecule has 0 heterocycles. The minimum Gasteiger partial charge on any atom is -0.507 e. The van der Waals surface area contributed by atoms with Gasteiger partial charge in [-0.2, -0.15) is 0 Å². The van der Waals surface area contributed by atoms with Gasteiger partial charge < -0.3 is 20.4 Å². The molecule has 1 aromatic rings. The smallest absolute Gasteiger partial charge is 0.129 e. The Morgan fingerprint density at radius 1 is 1.18 bits per heavy atom. The quantitative estimate of drug-likeness (QED) is 0.537. The lowest BCUT2D eigenvalue weighted by atomic mass is 10.0. The van der Waals surface area contributed by atoms with Crippen molar-refractivity contribution in [2.75, 3.05) is 19.8 Å². The second kappa shape index (κ2) is 5.77. The van der Waals surface area contributed by atoms with Crippen LogP contribution in [-0.4, -0.2) is 52.0 Å². The maximum atomic E-state index is 9.57. The van der Waals surface area contributed by atoms with Crippen LogP contribution in [0.1, 0.15) is 11.1 Å². The summed E-state index contributed by atoms with van der Waals surface area (Å²) in [4.78, 5) is 3.95. The van der Waals surface area contributed by atoms with Crippen LogP contribution in [0, 0.1) is 6.92 Å². The average Bonchev–Trinajstić information content (AvgIpc) is 2.35. The van der Waals surface area contributed by atoms with Crippen LogP contribution in [0.15, 0.2) is 23.2 Å². The molecule has 94 valence electrons. The Bertz CT molecular complexity index is 391. The van der Waals surface area contributed by atoms with E-state index in [2.05, 4.69) is 4.99 Å². The van der Waals surface area contributed by atoms with Crippen LogP contribution in [-0.2, 0) is 0 Å². The number of aliphatic imine (C=N–C) groups is 1. The summed E-state index contributed by atoms with van der Waals surface area (Å²) in [6, 6.07) is 5.01. The van der Waals surface area contributed by atoms with Crippen LogP contribution in [0.3, 0.4) is 0 Å². The lowest BCUT2D eigenvalue weighted by Crippen LogP contribution is -2.39. The van der Waals surface area contributed by atoms with E-state index in [1.54, 1.807) is 12.1 Å². The van der Waals surface area contributed by atoms with Gasteiger partial charge in [-0.25, -0.2) is 0 Å². The Morgan fingerprint density at radius 2 is 1.76 bits per heavy atom. The van der Waals surface area contributed by atoms with Crippen molar-refractivity contribution >= 4 is 6.21 Å². The maximum absolute atomic E-state index is 9.57. The first kappa shape index (κ1) is 13.6. The zero-order valence-corrected chi connectivity index (χ0v) is 9.67. The molecule has 0 spiro atoms. The molecule has 5 nitrogen and oxygen atoms in total. The fourth-order valence-corrected chi connectivity index (χ4v) is 1.26. The summed E-state index contributed by atoms with van der Waals surface area (Å²) in [5.74, 6) is 0.0575. The normalized spacial score (nSPS) is 12.2. The molecule has 0 saturated carbocycles. The molecule has 5 heteroatoms. The number of aliphatic hydroxyl groups is 3. The topological polar surface area (TPSA) is 93.3 Å². The Kier molecular flexibility index (Phi) is 4.62. The Hall–Kier alpha value is -1.43. The van der Waals surface area contributed by atoms with E-state index in [-0.39, 0.29) is 5.75 Å². The van der Waals surface area contributed by atoms with Gasteiger partial charge in [0, 0.05) is 11.8 Å². The highest BCUT2D eigenvalue weighted by molar-refractivity contribution is 5.84. The second-order valence-electron chi connectivity index (χ2n) is 4.02. The molecule has 0 atom stereocenters. The standard InChI is InChI=1S/C12H17NO4/c1-9-2-3-11(17)10(4-9)5-13-12(6-14,7-15)8-16/h2-5,14-17H,6-8H2,1H3. The van der Waals surface area contributed by atoms with Crippen LogP contribution in [0.2, 0.25) is 0 Å². The fraction of sp³-hybridized carbons (Fsp3) is 0.417. The van der Waals surface area contributed by atoms with E-state index in [1.165, 1.54) is 12.3 Å². The molecule has 0 unspecified atom stereocenters. The van der Waals surface area contributed by atoms with Crippen molar-refractivity contribution in [1.29, 1.82) is 0 Å². The van der Waals surface area contributed by atoms with Crippen molar-refractivity contribution in [3.8, 4) is 5.75 Å². The van der Waals surface area contributed by atoms with Crippen LogP contribution in [0.25, 0.3) is 0 Å². The van der Waals surface area contributed by atoms with Gasteiger partial charge in [-0.3, -0.25) is 4.99 Å². The number of benzene rings is 1. The van der Waals surface area contributed by atoms with Gasteiger partial charge in [0.1, 0.15) is 11.3 Å². The monoisotopic (exact) mass is 239 g/mol. The van der Waals surface area contributed by atoms with Crippen molar-refractivity contribution in [3.05, 3.63) is 29.3 Å². The minimum atomic E-state index is -1.31. The summed E-state index contributed by atoms with van der Waals surface area (Å²) < 4.78 is 0. The highest BCUT2D eigenvalue weighted by Crippen LogP contribution is 2.17. The van der Waals surface area contributed by atoms with Crippen LogP contribution in [0.4, 0.5) is 0 Å². The molecule has 0 saturated heterocycles. The molecule has 0 amide bonds. The average molecular weight is 239 g/mol. The number of aromatic hydroxyl groups is 1. The largest absolute Gasteiger partial charge is 0.507 e.